The van der Waals surface area contributed by atoms with Crippen molar-refractivity contribution in [3.8, 4) is 0 Å². The summed E-state index contributed by atoms with van der Waals surface area (Å²) in [5.74, 6) is 0. The van der Waals surface area contributed by atoms with Gasteiger partial charge in [0.25, 0.3) is 0 Å². The molecular weight excluding hydrogens is 259 g/mol. The second-order valence-corrected chi connectivity index (χ2v) is 3.83. The van der Waals surface area contributed by atoms with Gasteiger partial charge in [0.2, 0.25) is 0 Å². The molecule has 1 nitrogen and oxygen atoms in total. The zero-order chi connectivity index (χ0) is 9.97. The molecule has 77 valence electrons. The molecule has 2 heteroatoms. The summed E-state index contributed by atoms with van der Waals surface area (Å²) in [7, 11) is 0. The molecule has 0 saturated carbocycles. The summed E-state index contributed by atoms with van der Waals surface area (Å²) in [5.41, 5.74) is 3.89. The van der Waals surface area contributed by atoms with Crippen LogP contribution in [0.2, 0.25) is 0 Å². The van der Waals surface area contributed by atoms with Gasteiger partial charge in [-0.2, -0.15) is 5.39 Å². The van der Waals surface area contributed by atoms with Gasteiger partial charge in [-0.3, -0.25) is 0 Å². The van der Waals surface area contributed by atoms with Crippen LogP contribution in [0, 0.1) is 13.1 Å². The Labute approximate surface area is 117 Å². The molecule has 0 fully saturated rings. The number of hydrogen-bond donors (Lipinski definition) is 1. The van der Waals surface area contributed by atoms with Crippen molar-refractivity contribution in [3.63, 3.8) is 0 Å². The van der Waals surface area contributed by atoms with Gasteiger partial charge in [0.1, 0.15) is 0 Å². The summed E-state index contributed by atoms with van der Waals surface area (Å²) in [6, 6.07) is 6.44. The van der Waals surface area contributed by atoms with Crippen molar-refractivity contribution in [1.82, 2.24) is 4.98 Å². The van der Waals surface area contributed by atoms with E-state index in [1.54, 1.807) is 0 Å². The monoisotopic (exact) mass is 275 g/mol. The van der Waals surface area contributed by atoms with E-state index < -0.39 is 0 Å². The van der Waals surface area contributed by atoms with Crippen LogP contribution in [-0.4, -0.2) is 4.98 Å². The minimum atomic E-state index is 0. The Morgan fingerprint density at radius 1 is 1.33 bits per heavy atom. The van der Waals surface area contributed by atoms with E-state index >= 15 is 0 Å². The first-order chi connectivity index (χ1) is 6.83. The van der Waals surface area contributed by atoms with Crippen molar-refractivity contribution in [2.24, 2.45) is 0 Å². The quantitative estimate of drug-likeness (QED) is 0.823. The number of benzene rings is 1. The third kappa shape index (κ3) is 2.70. The van der Waals surface area contributed by atoms with E-state index in [1.165, 1.54) is 34.9 Å². The standard InChI is InChI=1S/C13H16N.Y/c1-3-4-7-11-9-14-13-10(2)6-5-8-12(11)13;/h5-6,8,14H,3-4,7H2,1-2H3;/q-1;. The average molecular weight is 275 g/mol. The van der Waals surface area contributed by atoms with Crippen LogP contribution in [0.5, 0.6) is 0 Å². The van der Waals surface area contributed by atoms with E-state index in [9.17, 15) is 0 Å². The maximum absolute atomic E-state index is 3.26. The predicted molar refractivity (Wildman–Crippen MR) is 60.5 cm³/mol. The fraction of sp³-hybridized carbons (Fsp3) is 0.385. The fourth-order valence-corrected chi connectivity index (χ4v) is 1.84. The van der Waals surface area contributed by atoms with Gasteiger partial charge in [-0.05, 0) is 6.42 Å². The first-order valence-corrected chi connectivity index (χ1v) is 5.30. The molecule has 1 heterocycles. The van der Waals surface area contributed by atoms with Crippen LogP contribution in [0.15, 0.2) is 18.2 Å². The zero-order valence-corrected chi connectivity index (χ0v) is 12.3. The second kappa shape index (κ2) is 5.81. The Morgan fingerprint density at radius 3 is 2.87 bits per heavy atom. The normalized spacial score (nSPS) is 10.3. The van der Waals surface area contributed by atoms with Gasteiger partial charge in [0.15, 0.2) is 0 Å². The van der Waals surface area contributed by atoms with Crippen LogP contribution in [0.3, 0.4) is 0 Å². The Morgan fingerprint density at radius 2 is 2.13 bits per heavy atom. The molecule has 0 amide bonds. The van der Waals surface area contributed by atoms with Crippen molar-refractivity contribution < 1.29 is 32.7 Å². The first kappa shape index (κ1) is 12.9. The number of hydrogen-bond acceptors (Lipinski definition) is 0. The molecule has 1 aromatic carbocycles. The van der Waals surface area contributed by atoms with E-state index in [1.807, 2.05) is 0 Å². The largest absolute Gasteiger partial charge is 0.477 e. The van der Waals surface area contributed by atoms with Crippen molar-refractivity contribution >= 4 is 10.9 Å². The Kier molecular flexibility index (Phi) is 5.01. The molecule has 2 aromatic rings. The number of nitrogens with one attached hydrogen (secondary N) is 1. The minimum absolute atomic E-state index is 0. The molecule has 1 aromatic heterocycles. The molecule has 1 N–H and O–H groups in total. The SMILES string of the molecule is CCCCc1[c-][nH]c2c(C)cccc12.[Y]. The molecule has 0 unspecified atom stereocenters. The smallest absolute Gasteiger partial charge is 0 e. The van der Waals surface area contributed by atoms with E-state index in [4.69, 9.17) is 0 Å². The minimum Gasteiger partial charge on any atom is -0.477 e. The van der Waals surface area contributed by atoms with E-state index in [0.717, 1.165) is 6.42 Å². The number of H-pyrrole nitrogens is 1. The van der Waals surface area contributed by atoms with Crippen LogP contribution < -0.4 is 0 Å². The maximum Gasteiger partial charge on any atom is 0 e. The van der Waals surface area contributed by atoms with E-state index in [0.29, 0.717) is 0 Å². The van der Waals surface area contributed by atoms with Crippen molar-refractivity contribution in [2.75, 3.05) is 0 Å². The van der Waals surface area contributed by atoms with Crippen LogP contribution in [0.4, 0.5) is 0 Å². The molecule has 0 atom stereocenters. The number of unbranched alkanes of at least 4 members (excludes halogenated alkanes) is 1. The number of aromatic amines is 1. The van der Waals surface area contributed by atoms with Crippen molar-refractivity contribution in [3.05, 3.63) is 35.5 Å². The van der Waals surface area contributed by atoms with Crippen LogP contribution in [-0.2, 0) is 39.1 Å². The summed E-state index contributed by atoms with van der Waals surface area (Å²) in [6.07, 6.45) is 6.89. The first-order valence-electron chi connectivity index (χ1n) is 5.30. The van der Waals surface area contributed by atoms with Crippen LogP contribution >= 0.6 is 0 Å². The van der Waals surface area contributed by atoms with Gasteiger partial charge in [-0.25, -0.2) is 0 Å². The van der Waals surface area contributed by atoms with Gasteiger partial charge in [-0.1, -0.05) is 44.4 Å². The zero-order valence-electron chi connectivity index (χ0n) is 9.43. The van der Waals surface area contributed by atoms with Gasteiger partial charge in [0.05, 0.1) is 0 Å². The van der Waals surface area contributed by atoms with Gasteiger partial charge >= 0.3 is 0 Å². The molecule has 1 radical (unpaired) electrons. The molecule has 15 heavy (non-hydrogen) atoms. The molecule has 2 rings (SSSR count). The molecular formula is C13H16NY-. The van der Waals surface area contributed by atoms with Gasteiger partial charge in [-0.15, -0.1) is 23.3 Å². The fourth-order valence-electron chi connectivity index (χ4n) is 1.84. The van der Waals surface area contributed by atoms with Crippen molar-refractivity contribution in [1.29, 1.82) is 0 Å². The molecule has 0 spiro atoms. The van der Waals surface area contributed by atoms with E-state index in [2.05, 4.69) is 43.2 Å². The molecule has 0 aliphatic heterocycles. The number of aryl methyl sites for hydroxylation is 2. The molecule has 0 bridgehead atoms. The second-order valence-electron chi connectivity index (χ2n) is 3.83. The summed E-state index contributed by atoms with van der Waals surface area (Å²) >= 11 is 0. The van der Waals surface area contributed by atoms with Crippen molar-refractivity contribution in [2.45, 2.75) is 33.1 Å². The predicted octanol–water partition coefficient (Wildman–Crippen LogP) is 3.62. The Balaban J connectivity index is 0.00000112. The number of aromatic nitrogens is 1. The Hall–Kier alpha value is -0.136. The third-order valence-corrected chi connectivity index (χ3v) is 2.72. The van der Waals surface area contributed by atoms with Crippen LogP contribution in [0.1, 0.15) is 30.9 Å². The summed E-state index contributed by atoms with van der Waals surface area (Å²) < 4.78 is 0. The topological polar surface area (TPSA) is 15.8 Å². The number of para-hydroxylation sites is 1. The Bertz CT molecular complexity index is 431. The third-order valence-electron chi connectivity index (χ3n) is 2.72. The van der Waals surface area contributed by atoms with Gasteiger partial charge in [0, 0.05) is 32.7 Å². The van der Waals surface area contributed by atoms with Crippen LogP contribution in [0.25, 0.3) is 10.9 Å². The summed E-state index contributed by atoms with van der Waals surface area (Å²) in [5, 5.41) is 1.35. The summed E-state index contributed by atoms with van der Waals surface area (Å²) in [6.45, 7) is 4.36. The number of rotatable bonds is 3. The average Bonchev–Trinajstić information content (AvgIpc) is 2.60. The molecule has 0 aliphatic rings. The molecule has 0 aliphatic carbocycles. The summed E-state index contributed by atoms with van der Waals surface area (Å²) in [4.78, 5) is 3.24. The van der Waals surface area contributed by atoms with E-state index in [-0.39, 0.29) is 32.7 Å². The molecule has 0 saturated heterocycles. The van der Waals surface area contributed by atoms with Gasteiger partial charge < -0.3 is 4.98 Å². The maximum atomic E-state index is 3.26. The number of fused-ring (bicyclic) bond motifs is 1.